The highest BCUT2D eigenvalue weighted by Crippen LogP contribution is 2.28. The van der Waals surface area contributed by atoms with Gasteiger partial charge >= 0.3 is 6.09 Å². The molecule has 12 nitrogen and oxygen atoms in total. The van der Waals surface area contributed by atoms with Crippen LogP contribution in [0, 0.1) is 0 Å². The number of nitrogens with zero attached hydrogens (tertiary/aromatic N) is 3. The highest BCUT2D eigenvalue weighted by atomic mass is 16.6. The van der Waals surface area contributed by atoms with Crippen LogP contribution in [0.1, 0.15) is 61.1 Å². The molecule has 0 unspecified atom stereocenters. The van der Waals surface area contributed by atoms with E-state index in [0.29, 0.717) is 43.0 Å². The van der Waals surface area contributed by atoms with E-state index >= 15 is 0 Å². The molecule has 0 bridgehead atoms. The summed E-state index contributed by atoms with van der Waals surface area (Å²) in [6.45, 7) is 6.55. The number of amides is 3. The molecule has 204 valence electrons. The maximum absolute atomic E-state index is 12.2. The van der Waals surface area contributed by atoms with Gasteiger partial charge < -0.3 is 30.8 Å². The van der Waals surface area contributed by atoms with Crippen molar-refractivity contribution in [2.24, 2.45) is 11.5 Å². The molecule has 0 aliphatic carbocycles. The zero-order chi connectivity index (χ0) is 28.0. The Morgan fingerprint density at radius 2 is 1.79 bits per heavy atom. The number of carbonyl (C=O) groups is 3. The molecule has 1 saturated heterocycles. The minimum absolute atomic E-state index is 0.0408. The molecule has 4 rings (SSSR count). The minimum Gasteiger partial charge on any atom is -0.496 e. The second-order valence-electron chi connectivity index (χ2n) is 9.94. The molecule has 1 fully saturated rings. The molecule has 0 radical (unpaired) electrons. The molecule has 0 atom stereocenters. The first-order valence-corrected chi connectivity index (χ1v) is 12.2. The van der Waals surface area contributed by atoms with Gasteiger partial charge in [0.05, 0.1) is 25.4 Å². The Morgan fingerprint density at radius 3 is 2.37 bits per heavy atom. The Bertz CT molecular complexity index is 1360. The molecule has 2 aromatic heterocycles. The third-order valence-corrected chi connectivity index (χ3v) is 5.92. The predicted octanol–water partition coefficient (Wildman–Crippen LogP) is 1.96. The highest BCUT2D eigenvalue weighted by Gasteiger charge is 2.29. The molecule has 1 aliphatic rings. The lowest BCUT2D eigenvalue weighted by Gasteiger charge is -2.33. The van der Waals surface area contributed by atoms with E-state index < -0.39 is 11.5 Å². The van der Waals surface area contributed by atoms with Gasteiger partial charge in [-0.2, -0.15) is 5.10 Å². The average Bonchev–Trinajstić information content (AvgIpc) is 3.27. The Balaban J connectivity index is 0.000000279. The molecule has 12 heteroatoms. The van der Waals surface area contributed by atoms with E-state index in [2.05, 4.69) is 10.1 Å². The smallest absolute Gasteiger partial charge is 0.410 e. The van der Waals surface area contributed by atoms with Crippen molar-refractivity contribution in [1.29, 1.82) is 0 Å². The first-order valence-electron chi connectivity index (χ1n) is 12.2. The van der Waals surface area contributed by atoms with Gasteiger partial charge in [0.25, 0.3) is 11.5 Å². The normalized spacial score (nSPS) is 13.9. The van der Waals surface area contributed by atoms with Gasteiger partial charge in [-0.05, 0) is 39.7 Å². The van der Waals surface area contributed by atoms with Gasteiger partial charge in [-0.3, -0.25) is 14.4 Å². The molecular weight excluding hydrogens is 492 g/mol. The summed E-state index contributed by atoms with van der Waals surface area (Å²) in [4.78, 5) is 50.6. The molecule has 0 spiro atoms. The van der Waals surface area contributed by atoms with Crippen LogP contribution in [0.25, 0.3) is 5.65 Å². The first kappa shape index (κ1) is 28.2. The fraction of sp³-hybridized carbons (Fsp3) is 0.423. The first-order chi connectivity index (χ1) is 17.9. The van der Waals surface area contributed by atoms with Crippen LogP contribution >= 0.6 is 0 Å². The average molecular weight is 527 g/mol. The van der Waals surface area contributed by atoms with Crippen molar-refractivity contribution in [3.63, 3.8) is 0 Å². The number of likely N-dealkylation sites (tertiary alicyclic amines) is 1. The fourth-order valence-corrected chi connectivity index (χ4v) is 4.20. The molecule has 3 heterocycles. The van der Waals surface area contributed by atoms with E-state index in [4.69, 9.17) is 20.9 Å². The molecule has 3 aromatic rings. The Labute approximate surface area is 219 Å². The minimum atomic E-state index is -0.646. The number of hydrogen-bond donors (Lipinski definition) is 3. The lowest BCUT2D eigenvalue weighted by molar-refractivity contribution is -0.117. The number of aromatic amines is 1. The fourth-order valence-electron chi connectivity index (χ4n) is 4.20. The number of carbonyl (C=O) groups excluding carboxylic acids is 3. The molecular formula is C26H34N6O6. The number of benzene rings is 1. The van der Waals surface area contributed by atoms with Gasteiger partial charge in [0.1, 0.15) is 22.6 Å². The van der Waals surface area contributed by atoms with E-state index in [0.717, 1.165) is 5.56 Å². The number of para-hydroxylation sites is 1. The summed E-state index contributed by atoms with van der Waals surface area (Å²) in [6, 6.07) is 8.81. The van der Waals surface area contributed by atoms with Crippen molar-refractivity contribution < 1.29 is 23.9 Å². The number of aromatic nitrogens is 3. The molecule has 38 heavy (non-hydrogen) atoms. The SMILES string of the molecule is CC(C)(C)OC(=O)N1CCC(c2cc(=O)[nH]c3c(C(N)=O)cnn23)CC1.COc1ccccc1CC(N)=O. The van der Waals surface area contributed by atoms with Crippen LogP contribution in [0.15, 0.2) is 41.3 Å². The van der Waals surface area contributed by atoms with Crippen LogP contribution in [0.2, 0.25) is 0 Å². The number of H-pyrrole nitrogens is 1. The number of nitrogens with two attached hydrogens (primary N) is 2. The third kappa shape index (κ3) is 7.11. The van der Waals surface area contributed by atoms with Gasteiger partial charge in [0.2, 0.25) is 5.91 Å². The Morgan fingerprint density at radius 1 is 1.13 bits per heavy atom. The molecule has 5 N–H and O–H groups in total. The number of piperidine rings is 1. The number of ether oxygens (including phenoxy) is 2. The monoisotopic (exact) mass is 526 g/mol. The van der Waals surface area contributed by atoms with E-state index in [1.165, 1.54) is 12.3 Å². The predicted molar refractivity (Wildman–Crippen MR) is 140 cm³/mol. The second kappa shape index (κ2) is 11.8. The Hall–Kier alpha value is -4.35. The van der Waals surface area contributed by atoms with E-state index in [1.54, 1.807) is 22.6 Å². The summed E-state index contributed by atoms with van der Waals surface area (Å²) in [7, 11) is 1.57. The lowest BCUT2D eigenvalue weighted by Crippen LogP contribution is -2.41. The summed E-state index contributed by atoms with van der Waals surface area (Å²) in [6.07, 6.45) is 2.59. The maximum atomic E-state index is 12.2. The summed E-state index contributed by atoms with van der Waals surface area (Å²) < 4.78 is 12.0. The largest absolute Gasteiger partial charge is 0.496 e. The number of fused-ring (bicyclic) bond motifs is 1. The molecule has 1 aromatic carbocycles. The number of rotatable bonds is 5. The zero-order valence-electron chi connectivity index (χ0n) is 22.0. The van der Waals surface area contributed by atoms with Crippen molar-refractivity contribution in [2.45, 2.75) is 51.6 Å². The lowest BCUT2D eigenvalue weighted by atomic mass is 9.93. The van der Waals surface area contributed by atoms with Crippen LogP contribution in [0.5, 0.6) is 5.75 Å². The Kier molecular flexibility index (Phi) is 8.76. The quantitative estimate of drug-likeness (QED) is 0.455. The van der Waals surface area contributed by atoms with Crippen LogP contribution in [-0.2, 0) is 16.0 Å². The number of nitrogens with one attached hydrogen (secondary N) is 1. The summed E-state index contributed by atoms with van der Waals surface area (Å²) in [5, 5.41) is 4.20. The third-order valence-electron chi connectivity index (χ3n) is 5.92. The van der Waals surface area contributed by atoms with Gasteiger partial charge in [-0.25, -0.2) is 9.31 Å². The maximum Gasteiger partial charge on any atom is 0.410 e. The molecule has 1 aliphatic heterocycles. The molecule has 0 saturated carbocycles. The van der Waals surface area contributed by atoms with Crippen LogP contribution < -0.4 is 21.8 Å². The topological polar surface area (TPSA) is 175 Å². The zero-order valence-corrected chi connectivity index (χ0v) is 22.0. The standard InChI is InChI=1S/C17H23N5O4.C9H11NO2/c1-17(2,3)26-16(25)21-6-4-10(5-7-21)12-8-13(23)20-15-11(14(18)24)9-19-22(12)15;1-12-8-5-3-2-4-7(8)6-9(10)11/h8-10H,4-7H2,1-3H3,(H2,18,24)(H,20,23);2-5H,6H2,1H3,(H2,10,11). The number of hydrogen-bond acceptors (Lipinski definition) is 7. The highest BCUT2D eigenvalue weighted by molar-refractivity contribution is 5.98. The van der Waals surface area contributed by atoms with Gasteiger partial charge in [0, 0.05) is 30.6 Å². The van der Waals surface area contributed by atoms with Crippen molar-refractivity contribution in [1.82, 2.24) is 19.5 Å². The van der Waals surface area contributed by atoms with Crippen molar-refractivity contribution in [3.8, 4) is 5.75 Å². The van der Waals surface area contributed by atoms with Gasteiger partial charge in [-0.1, -0.05) is 18.2 Å². The summed E-state index contributed by atoms with van der Waals surface area (Å²) in [5.74, 6) is -0.248. The molecule has 3 amide bonds. The number of methoxy groups -OCH3 is 1. The number of primary amides is 2. The van der Waals surface area contributed by atoms with E-state index in [-0.39, 0.29) is 35.5 Å². The summed E-state index contributed by atoms with van der Waals surface area (Å²) in [5.41, 5.74) is 11.5. The van der Waals surface area contributed by atoms with Crippen molar-refractivity contribution >= 4 is 23.6 Å². The van der Waals surface area contributed by atoms with E-state index in [9.17, 15) is 19.2 Å². The second-order valence-corrected chi connectivity index (χ2v) is 9.94. The van der Waals surface area contributed by atoms with E-state index in [1.807, 2.05) is 39.0 Å². The van der Waals surface area contributed by atoms with Crippen molar-refractivity contribution in [2.75, 3.05) is 20.2 Å². The van der Waals surface area contributed by atoms with Gasteiger partial charge in [-0.15, -0.1) is 0 Å². The summed E-state index contributed by atoms with van der Waals surface area (Å²) >= 11 is 0. The van der Waals surface area contributed by atoms with Crippen LogP contribution in [0.3, 0.4) is 0 Å². The van der Waals surface area contributed by atoms with Crippen LogP contribution in [0.4, 0.5) is 4.79 Å². The van der Waals surface area contributed by atoms with Gasteiger partial charge in [0.15, 0.2) is 0 Å². The van der Waals surface area contributed by atoms with Crippen molar-refractivity contribution in [3.05, 3.63) is 63.7 Å². The van der Waals surface area contributed by atoms with Crippen LogP contribution in [-0.4, -0.2) is 63.2 Å².